The third-order valence-corrected chi connectivity index (χ3v) is 4.36. The molecule has 0 atom stereocenters. The van der Waals surface area contributed by atoms with Gasteiger partial charge in [0.1, 0.15) is 0 Å². The van der Waals surface area contributed by atoms with Gasteiger partial charge >= 0.3 is 0 Å². The topological polar surface area (TPSA) is 71.1 Å². The number of nitrogens with one attached hydrogen (secondary N) is 1. The van der Waals surface area contributed by atoms with Crippen molar-refractivity contribution in [1.29, 1.82) is 0 Å². The molecule has 0 spiro atoms. The first kappa shape index (κ1) is 16.6. The van der Waals surface area contributed by atoms with Crippen LogP contribution in [0.2, 0.25) is 0 Å². The third-order valence-electron chi connectivity index (χ3n) is 4.36. The standard InChI is InChI=1S/C17H23N3O4/c1-18-6-2-3-16(21)19-7-9-20(10-8-19)17(22)13-4-5-14-15(11-13)24-12-23-14/h4-5,11,18H,2-3,6-10,12H2,1H3. The number of rotatable bonds is 5. The zero-order valence-corrected chi connectivity index (χ0v) is 13.9. The first-order valence-electron chi connectivity index (χ1n) is 8.30. The maximum atomic E-state index is 12.6. The summed E-state index contributed by atoms with van der Waals surface area (Å²) in [6.07, 6.45) is 1.39. The minimum atomic E-state index is -0.0319. The summed E-state index contributed by atoms with van der Waals surface area (Å²) in [7, 11) is 1.88. The summed E-state index contributed by atoms with van der Waals surface area (Å²) in [6.45, 7) is 3.34. The van der Waals surface area contributed by atoms with Gasteiger partial charge in [0.2, 0.25) is 12.7 Å². The molecular weight excluding hydrogens is 310 g/mol. The molecule has 3 rings (SSSR count). The Morgan fingerprint density at radius 1 is 1.08 bits per heavy atom. The Labute approximate surface area is 141 Å². The van der Waals surface area contributed by atoms with Gasteiger partial charge in [0.05, 0.1) is 0 Å². The van der Waals surface area contributed by atoms with Crippen molar-refractivity contribution in [3.05, 3.63) is 23.8 Å². The number of hydrogen-bond acceptors (Lipinski definition) is 5. The monoisotopic (exact) mass is 333 g/mol. The second-order valence-electron chi connectivity index (χ2n) is 5.95. The van der Waals surface area contributed by atoms with Gasteiger partial charge in [-0.15, -0.1) is 0 Å². The molecule has 1 aromatic rings. The summed E-state index contributed by atoms with van der Waals surface area (Å²) in [4.78, 5) is 28.3. The van der Waals surface area contributed by atoms with Crippen molar-refractivity contribution in [2.75, 3.05) is 46.6 Å². The van der Waals surface area contributed by atoms with Gasteiger partial charge in [-0.2, -0.15) is 0 Å². The summed E-state index contributed by atoms with van der Waals surface area (Å²) >= 11 is 0. The highest BCUT2D eigenvalue weighted by molar-refractivity contribution is 5.95. The van der Waals surface area contributed by atoms with Crippen molar-refractivity contribution in [2.45, 2.75) is 12.8 Å². The lowest BCUT2D eigenvalue weighted by Gasteiger charge is -2.35. The van der Waals surface area contributed by atoms with E-state index in [1.807, 2.05) is 11.9 Å². The number of carbonyl (C=O) groups excluding carboxylic acids is 2. The Morgan fingerprint density at radius 3 is 2.54 bits per heavy atom. The van der Waals surface area contributed by atoms with Crippen molar-refractivity contribution in [3.8, 4) is 11.5 Å². The fraction of sp³-hybridized carbons (Fsp3) is 0.529. The van der Waals surface area contributed by atoms with Gasteiger partial charge in [-0.05, 0) is 38.2 Å². The van der Waals surface area contributed by atoms with E-state index in [0.29, 0.717) is 49.7 Å². The van der Waals surface area contributed by atoms with Crippen molar-refractivity contribution in [2.24, 2.45) is 0 Å². The summed E-state index contributed by atoms with van der Waals surface area (Å²) in [5.41, 5.74) is 0.591. The Morgan fingerprint density at radius 2 is 1.79 bits per heavy atom. The highest BCUT2D eigenvalue weighted by atomic mass is 16.7. The minimum Gasteiger partial charge on any atom is -0.454 e. The SMILES string of the molecule is CNCCCC(=O)N1CCN(C(=O)c2ccc3c(c2)OCO3)CC1. The number of benzene rings is 1. The summed E-state index contributed by atoms with van der Waals surface area (Å²) in [5.74, 6) is 1.42. The Bertz CT molecular complexity index is 612. The smallest absolute Gasteiger partial charge is 0.254 e. The van der Waals surface area contributed by atoms with E-state index in [-0.39, 0.29) is 18.6 Å². The van der Waals surface area contributed by atoms with Crippen LogP contribution in [-0.2, 0) is 4.79 Å². The molecule has 1 fully saturated rings. The number of nitrogens with zero attached hydrogens (tertiary/aromatic N) is 2. The maximum Gasteiger partial charge on any atom is 0.254 e. The lowest BCUT2D eigenvalue weighted by Crippen LogP contribution is -2.50. The normalized spacial score (nSPS) is 16.4. The molecule has 2 aliphatic heterocycles. The number of piperazine rings is 1. The second-order valence-corrected chi connectivity index (χ2v) is 5.95. The molecule has 0 saturated carbocycles. The van der Waals surface area contributed by atoms with E-state index in [1.54, 1.807) is 23.1 Å². The van der Waals surface area contributed by atoms with Crippen LogP contribution in [-0.4, -0.2) is 68.2 Å². The minimum absolute atomic E-state index is 0.0319. The number of amides is 2. The van der Waals surface area contributed by atoms with E-state index in [2.05, 4.69) is 5.32 Å². The summed E-state index contributed by atoms with van der Waals surface area (Å²) < 4.78 is 10.6. The van der Waals surface area contributed by atoms with Crippen molar-refractivity contribution >= 4 is 11.8 Å². The Kier molecular flexibility index (Phi) is 5.20. The zero-order chi connectivity index (χ0) is 16.9. The molecule has 7 heteroatoms. The van der Waals surface area contributed by atoms with Crippen LogP contribution < -0.4 is 14.8 Å². The lowest BCUT2D eigenvalue weighted by molar-refractivity contribution is -0.132. The van der Waals surface area contributed by atoms with Crippen LogP contribution >= 0.6 is 0 Å². The van der Waals surface area contributed by atoms with Crippen LogP contribution in [0.25, 0.3) is 0 Å². The number of hydrogen-bond donors (Lipinski definition) is 1. The molecule has 0 unspecified atom stereocenters. The van der Waals surface area contributed by atoms with E-state index in [9.17, 15) is 9.59 Å². The van der Waals surface area contributed by atoms with E-state index in [1.165, 1.54) is 0 Å². The summed E-state index contributed by atoms with van der Waals surface area (Å²) in [6, 6.07) is 5.24. The quantitative estimate of drug-likeness (QED) is 0.803. The fourth-order valence-electron chi connectivity index (χ4n) is 2.95. The molecule has 2 amide bonds. The molecule has 2 heterocycles. The first-order chi connectivity index (χ1) is 11.7. The van der Waals surface area contributed by atoms with Gasteiger partial charge in [0, 0.05) is 38.2 Å². The number of carbonyl (C=O) groups is 2. The Balaban J connectivity index is 1.53. The molecule has 7 nitrogen and oxygen atoms in total. The van der Waals surface area contributed by atoms with E-state index >= 15 is 0 Å². The first-order valence-corrected chi connectivity index (χ1v) is 8.30. The highest BCUT2D eigenvalue weighted by Crippen LogP contribution is 2.32. The molecule has 2 aliphatic rings. The van der Waals surface area contributed by atoms with Crippen LogP contribution in [0.3, 0.4) is 0 Å². The average Bonchev–Trinajstić information content (AvgIpc) is 3.09. The van der Waals surface area contributed by atoms with Crippen molar-refractivity contribution in [1.82, 2.24) is 15.1 Å². The molecule has 0 radical (unpaired) electrons. The highest BCUT2D eigenvalue weighted by Gasteiger charge is 2.25. The molecule has 0 bridgehead atoms. The molecule has 1 saturated heterocycles. The van der Waals surface area contributed by atoms with Crippen LogP contribution in [0.1, 0.15) is 23.2 Å². The largest absolute Gasteiger partial charge is 0.454 e. The van der Waals surface area contributed by atoms with Gasteiger partial charge in [-0.3, -0.25) is 9.59 Å². The third kappa shape index (κ3) is 3.62. The molecule has 0 aliphatic carbocycles. The average molecular weight is 333 g/mol. The van der Waals surface area contributed by atoms with Gasteiger partial charge in [0.15, 0.2) is 11.5 Å². The number of ether oxygens (including phenoxy) is 2. The van der Waals surface area contributed by atoms with Gasteiger partial charge < -0.3 is 24.6 Å². The molecule has 24 heavy (non-hydrogen) atoms. The zero-order valence-electron chi connectivity index (χ0n) is 13.9. The van der Waals surface area contributed by atoms with Crippen LogP contribution in [0.4, 0.5) is 0 Å². The van der Waals surface area contributed by atoms with Gasteiger partial charge in [-0.1, -0.05) is 0 Å². The number of fused-ring (bicyclic) bond motifs is 1. The molecule has 130 valence electrons. The predicted molar refractivity (Wildman–Crippen MR) is 88.2 cm³/mol. The van der Waals surface area contributed by atoms with Crippen LogP contribution in [0.15, 0.2) is 18.2 Å². The van der Waals surface area contributed by atoms with E-state index in [0.717, 1.165) is 13.0 Å². The van der Waals surface area contributed by atoms with Gasteiger partial charge in [-0.25, -0.2) is 0 Å². The fourth-order valence-corrected chi connectivity index (χ4v) is 2.95. The Hall–Kier alpha value is -2.28. The van der Waals surface area contributed by atoms with E-state index in [4.69, 9.17) is 9.47 Å². The molecule has 1 aromatic carbocycles. The maximum absolute atomic E-state index is 12.6. The van der Waals surface area contributed by atoms with Gasteiger partial charge in [0.25, 0.3) is 5.91 Å². The van der Waals surface area contributed by atoms with Crippen LogP contribution in [0.5, 0.6) is 11.5 Å². The molecular formula is C17H23N3O4. The second kappa shape index (κ2) is 7.53. The van der Waals surface area contributed by atoms with Crippen molar-refractivity contribution < 1.29 is 19.1 Å². The molecule has 0 aromatic heterocycles. The van der Waals surface area contributed by atoms with Crippen LogP contribution in [0, 0.1) is 0 Å². The lowest BCUT2D eigenvalue weighted by atomic mass is 10.1. The predicted octanol–water partition coefficient (Wildman–Crippen LogP) is 0.699. The summed E-state index contributed by atoms with van der Waals surface area (Å²) in [5, 5.41) is 3.04. The molecule has 1 N–H and O–H groups in total. The van der Waals surface area contributed by atoms with Crippen molar-refractivity contribution in [3.63, 3.8) is 0 Å². The van der Waals surface area contributed by atoms with E-state index < -0.39 is 0 Å².